The second-order valence-corrected chi connectivity index (χ2v) is 6.51. The highest BCUT2D eigenvalue weighted by molar-refractivity contribution is 5.78. The highest BCUT2D eigenvalue weighted by Crippen LogP contribution is 2.29. The lowest BCUT2D eigenvalue weighted by Gasteiger charge is -2.34. The van der Waals surface area contributed by atoms with Crippen molar-refractivity contribution in [2.75, 3.05) is 0 Å². The lowest BCUT2D eigenvalue weighted by Crippen LogP contribution is -2.45. The van der Waals surface area contributed by atoms with Crippen LogP contribution in [-0.2, 0) is 11.3 Å². The number of nitrogens with one attached hydrogen (secondary N) is 1. The van der Waals surface area contributed by atoms with E-state index in [1.807, 2.05) is 0 Å². The summed E-state index contributed by atoms with van der Waals surface area (Å²) >= 11 is 0. The summed E-state index contributed by atoms with van der Waals surface area (Å²) < 4.78 is 1.13. The van der Waals surface area contributed by atoms with Crippen LogP contribution in [-0.4, -0.2) is 26.9 Å². The van der Waals surface area contributed by atoms with Gasteiger partial charge in [0.15, 0.2) is 0 Å². The van der Waals surface area contributed by atoms with Crippen LogP contribution in [0.1, 0.15) is 33.1 Å². The number of fused-ring (bicyclic) bond motifs is 1. The Morgan fingerprint density at radius 1 is 1.30 bits per heavy atom. The van der Waals surface area contributed by atoms with E-state index < -0.39 is 0 Å². The fourth-order valence-corrected chi connectivity index (χ4v) is 3.30. The summed E-state index contributed by atoms with van der Waals surface area (Å²) in [5, 5.41) is 11.4. The molecule has 1 aromatic carbocycles. The van der Waals surface area contributed by atoms with E-state index in [-0.39, 0.29) is 24.1 Å². The van der Waals surface area contributed by atoms with Crippen molar-refractivity contribution in [3.63, 3.8) is 0 Å². The standard InChI is InChI=1S/C17H22N4O2/c1-11-6-5-9-14(12(11)2)18-16(22)10-21-17(23)13-7-3-4-8-15(13)19-20-21/h3-4,7-8,11-12,14H,5-6,9-10H2,1-2H3,(H,18,22)/t11-,12+,14-/m1/s1. The van der Waals surface area contributed by atoms with Gasteiger partial charge in [0.25, 0.3) is 5.56 Å². The normalized spacial score (nSPS) is 24.5. The van der Waals surface area contributed by atoms with Crippen LogP contribution < -0.4 is 10.9 Å². The van der Waals surface area contributed by atoms with Crippen LogP contribution in [0.2, 0.25) is 0 Å². The maximum absolute atomic E-state index is 12.4. The molecule has 0 radical (unpaired) electrons. The van der Waals surface area contributed by atoms with Crippen molar-refractivity contribution in [3.8, 4) is 0 Å². The lowest BCUT2D eigenvalue weighted by atomic mass is 9.78. The van der Waals surface area contributed by atoms with Crippen molar-refractivity contribution in [2.24, 2.45) is 11.8 Å². The number of benzene rings is 1. The van der Waals surface area contributed by atoms with Gasteiger partial charge in [-0.1, -0.05) is 44.0 Å². The van der Waals surface area contributed by atoms with E-state index in [1.165, 1.54) is 6.42 Å². The molecule has 6 nitrogen and oxygen atoms in total. The third-order valence-electron chi connectivity index (χ3n) is 4.98. The van der Waals surface area contributed by atoms with Crippen molar-refractivity contribution in [1.29, 1.82) is 0 Å². The molecule has 0 spiro atoms. The molecule has 0 saturated heterocycles. The summed E-state index contributed by atoms with van der Waals surface area (Å²) in [7, 11) is 0. The summed E-state index contributed by atoms with van der Waals surface area (Å²) in [4.78, 5) is 24.6. The Bertz CT molecular complexity index is 771. The Hall–Kier alpha value is -2.24. The lowest BCUT2D eigenvalue weighted by molar-refractivity contribution is -0.123. The molecule has 23 heavy (non-hydrogen) atoms. The van der Waals surface area contributed by atoms with Crippen molar-refractivity contribution in [2.45, 2.75) is 45.7 Å². The van der Waals surface area contributed by atoms with E-state index in [0.29, 0.717) is 22.7 Å². The quantitative estimate of drug-likeness (QED) is 0.936. The Morgan fingerprint density at radius 2 is 2.09 bits per heavy atom. The molecule has 1 amide bonds. The maximum atomic E-state index is 12.4. The van der Waals surface area contributed by atoms with Gasteiger partial charge >= 0.3 is 0 Å². The second kappa shape index (κ2) is 6.48. The van der Waals surface area contributed by atoms with Crippen LogP contribution in [0.15, 0.2) is 29.1 Å². The molecule has 1 fully saturated rings. The van der Waals surface area contributed by atoms with E-state index in [4.69, 9.17) is 0 Å². The van der Waals surface area contributed by atoms with Crippen LogP contribution in [0, 0.1) is 11.8 Å². The third-order valence-corrected chi connectivity index (χ3v) is 4.98. The number of aromatic nitrogens is 3. The molecule has 6 heteroatoms. The number of hydrogen-bond donors (Lipinski definition) is 1. The predicted molar refractivity (Wildman–Crippen MR) is 87.9 cm³/mol. The number of hydrogen-bond acceptors (Lipinski definition) is 4. The molecule has 122 valence electrons. The van der Waals surface area contributed by atoms with Gasteiger partial charge in [-0.25, -0.2) is 4.68 Å². The summed E-state index contributed by atoms with van der Waals surface area (Å²) in [5.74, 6) is 0.881. The highest BCUT2D eigenvalue weighted by atomic mass is 16.2. The predicted octanol–water partition coefficient (Wildman–Crippen LogP) is 1.73. The Labute approximate surface area is 134 Å². The van der Waals surface area contributed by atoms with E-state index in [9.17, 15) is 9.59 Å². The molecule has 1 saturated carbocycles. The first-order valence-corrected chi connectivity index (χ1v) is 8.18. The van der Waals surface area contributed by atoms with Crippen molar-refractivity contribution < 1.29 is 4.79 Å². The maximum Gasteiger partial charge on any atom is 0.278 e. The van der Waals surface area contributed by atoms with Gasteiger partial charge in [-0.05, 0) is 30.4 Å². The van der Waals surface area contributed by atoms with Crippen LogP contribution in [0.3, 0.4) is 0 Å². The van der Waals surface area contributed by atoms with Gasteiger partial charge in [-0.15, -0.1) is 5.10 Å². The van der Waals surface area contributed by atoms with Gasteiger partial charge in [0.1, 0.15) is 12.1 Å². The van der Waals surface area contributed by atoms with Crippen LogP contribution in [0.4, 0.5) is 0 Å². The first-order chi connectivity index (χ1) is 11.1. The number of nitrogens with zero attached hydrogens (tertiary/aromatic N) is 3. The minimum absolute atomic E-state index is 0.0890. The Balaban J connectivity index is 1.73. The zero-order chi connectivity index (χ0) is 16.4. The molecular formula is C17H22N4O2. The molecule has 1 aliphatic carbocycles. The van der Waals surface area contributed by atoms with E-state index in [0.717, 1.165) is 17.5 Å². The molecule has 2 aromatic rings. The molecule has 1 N–H and O–H groups in total. The zero-order valence-electron chi connectivity index (χ0n) is 13.5. The van der Waals surface area contributed by atoms with Crippen molar-refractivity contribution in [1.82, 2.24) is 20.3 Å². The first-order valence-electron chi connectivity index (χ1n) is 8.18. The molecule has 0 unspecified atom stereocenters. The highest BCUT2D eigenvalue weighted by Gasteiger charge is 2.28. The number of rotatable bonds is 3. The van der Waals surface area contributed by atoms with Crippen LogP contribution in [0.25, 0.3) is 10.9 Å². The fourth-order valence-electron chi connectivity index (χ4n) is 3.30. The number of carbonyl (C=O) groups excluding carboxylic acids is 1. The van der Waals surface area contributed by atoms with Gasteiger partial charge < -0.3 is 5.32 Å². The van der Waals surface area contributed by atoms with Crippen molar-refractivity contribution >= 4 is 16.8 Å². The summed E-state index contributed by atoms with van der Waals surface area (Å²) in [5.41, 5.74) is 0.264. The van der Waals surface area contributed by atoms with Crippen molar-refractivity contribution in [3.05, 3.63) is 34.6 Å². The van der Waals surface area contributed by atoms with Gasteiger partial charge in [-0.3, -0.25) is 9.59 Å². The minimum Gasteiger partial charge on any atom is -0.351 e. The molecule has 0 bridgehead atoms. The SMILES string of the molecule is C[C@H]1[C@H](C)CCC[C@H]1NC(=O)Cn1nnc2ccccc2c1=O. The molecule has 3 atom stereocenters. The summed E-state index contributed by atoms with van der Waals surface area (Å²) in [6, 6.07) is 7.20. The molecule has 1 aliphatic rings. The fraction of sp³-hybridized carbons (Fsp3) is 0.529. The van der Waals surface area contributed by atoms with Gasteiger partial charge in [0, 0.05) is 6.04 Å². The summed E-state index contributed by atoms with van der Waals surface area (Å²) in [6.45, 7) is 4.31. The molecular weight excluding hydrogens is 292 g/mol. The number of carbonyl (C=O) groups is 1. The number of amides is 1. The Morgan fingerprint density at radius 3 is 2.91 bits per heavy atom. The largest absolute Gasteiger partial charge is 0.351 e. The first kappa shape index (κ1) is 15.6. The molecule has 1 heterocycles. The Kier molecular flexibility index (Phi) is 4.41. The summed E-state index contributed by atoms with van der Waals surface area (Å²) in [6.07, 6.45) is 3.34. The third kappa shape index (κ3) is 3.25. The molecule has 1 aromatic heterocycles. The molecule has 3 rings (SSSR count). The van der Waals surface area contributed by atoms with Gasteiger partial charge in [0.2, 0.25) is 5.91 Å². The second-order valence-electron chi connectivity index (χ2n) is 6.51. The average Bonchev–Trinajstić information content (AvgIpc) is 2.55. The topological polar surface area (TPSA) is 76.9 Å². The smallest absolute Gasteiger partial charge is 0.278 e. The minimum atomic E-state index is -0.282. The van der Waals surface area contributed by atoms with E-state index >= 15 is 0 Å². The molecule has 0 aliphatic heterocycles. The monoisotopic (exact) mass is 314 g/mol. The van der Waals surface area contributed by atoms with Gasteiger partial charge in [-0.2, -0.15) is 0 Å². The van der Waals surface area contributed by atoms with Gasteiger partial charge in [0.05, 0.1) is 5.39 Å². The van der Waals surface area contributed by atoms with Crippen LogP contribution >= 0.6 is 0 Å². The zero-order valence-corrected chi connectivity index (χ0v) is 13.5. The van der Waals surface area contributed by atoms with E-state index in [1.54, 1.807) is 24.3 Å². The van der Waals surface area contributed by atoms with Crippen LogP contribution in [0.5, 0.6) is 0 Å². The van der Waals surface area contributed by atoms with E-state index in [2.05, 4.69) is 29.5 Å². The average molecular weight is 314 g/mol.